The number of nitrogens with two attached hydrogens (primary N) is 1. The molecule has 0 bridgehead atoms. The molecule has 2 amide bonds. The molecule has 14 heavy (non-hydrogen) atoms. The number of aryl methyl sites for hydroxylation is 1. The van der Waals surface area contributed by atoms with Crippen LogP contribution in [0.1, 0.15) is 23.7 Å². The number of nitrogens with one attached hydrogen (secondary N) is 1. The normalized spacial score (nSPS) is 9.86. The van der Waals surface area contributed by atoms with Crippen LogP contribution in [-0.4, -0.2) is 21.6 Å². The molecular formula is C8H12N4O2. The molecule has 0 spiro atoms. The van der Waals surface area contributed by atoms with E-state index in [1.54, 1.807) is 14.0 Å². The number of hydrogen-bond donors (Lipinski definition) is 2. The lowest BCUT2D eigenvalue weighted by molar-refractivity contribution is -0.115. The van der Waals surface area contributed by atoms with E-state index in [-0.39, 0.29) is 11.5 Å². The Morgan fingerprint density at radius 3 is 2.79 bits per heavy atom. The van der Waals surface area contributed by atoms with E-state index in [4.69, 9.17) is 5.73 Å². The number of nitrogens with zero attached hydrogens (tertiary/aromatic N) is 2. The molecule has 6 nitrogen and oxygen atoms in total. The molecule has 1 aromatic rings. The fraction of sp³-hybridized carbons (Fsp3) is 0.375. The van der Waals surface area contributed by atoms with Gasteiger partial charge in [0, 0.05) is 13.5 Å². The molecule has 1 rings (SSSR count). The summed E-state index contributed by atoms with van der Waals surface area (Å²) in [4.78, 5) is 22.0. The summed E-state index contributed by atoms with van der Waals surface area (Å²) in [5.41, 5.74) is 5.32. The Labute approximate surface area is 81.1 Å². The van der Waals surface area contributed by atoms with E-state index in [2.05, 4.69) is 10.4 Å². The van der Waals surface area contributed by atoms with Crippen molar-refractivity contribution in [2.45, 2.75) is 13.3 Å². The second-order valence-electron chi connectivity index (χ2n) is 2.80. The van der Waals surface area contributed by atoms with Crippen molar-refractivity contribution >= 4 is 17.6 Å². The zero-order valence-corrected chi connectivity index (χ0v) is 8.07. The molecule has 0 aliphatic carbocycles. The van der Waals surface area contributed by atoms with Gasteiger partial charge in [-0.05, 0) is 0 Å². The van der Waals surface area contributed by atoms with Gasteiger partial charge in [0.05, 0.1) is 6.20 Å². The van der Waals surface area contributed by atoms with Crippen molar-refractivity contribution in [3.05, 3.63) is 11.8 Å². The van der Waals surface area contributed by atoms with Crippen LogP contribution in [0.2, 0.25) is 0 Å². The standard InChI is InChI=1S/C8H12N4O2/c1-3-6(13)11-8-5(7(9)14)4-10-12(8)2/h4H,3H2,1-2H3,(H2,9,14)(H,11,13). The highest BCUT2D eigenvalue weighted by Crippen LogP contribution is 2.13. The second kappa shape index (κ2) is 3.91. The first-order valence-corrected chi connectivity index (χ1v) is 4.18. The number of aromatic nitrogens is 2. The van der Waals surface area contributed by atoms with Crippen LogP contribution in [0.15, 0.2) is 6.20 Å². The summed E-state index contributed by atoms with van der Waals surface area (Å²) < 4.78 is 1.40. The van der Waals surface area contributed by atoms with Gasteiger partial charge in [-0.15, -0.1) is 0 Å². The van der Waals surface area contributed by atoms with Gasteiger partial charge in [0.1, 0.15) is 11.4 Å². The predicted molar refractivity (Wildman–Crippen MR) is 50.6 cm³/mol. The number of hydrogen-bond acceptors (Lipinski definition) is 3. The number of amides is 2. The fourth-order valence-corrected chi connectivity index (χ4v) is 0.987. The maximum atomic E-state index is 11.1. The van der Waals surface area contributed by atoms with Crippen molar-refractivity contribution in [2.75, 3.05) is 5.32 Å². The van der Waals surface area contributed by atoms with Crippen molar-refractivity contribution in [1.29, 1.82) is 0 Å². The highest BCUT2D eigenvalue weighted by atomic mass is 16.2. The number of anilines is 1. The fourth-order valence-electron chi connectivity index (χ4n) is 0.987. The van der Waals surface area contributed by atoms with Crippen LogP contribution < -0.4 is 11.1 Å². The van der Waals surface area contributed by atoms with Gasteiger partial charge in [-0.3, -0.25) is 14.3 Å². The minimum atomic E-state index is -0.607. The summed E-state index contributed by atoms with van der Waals surface area (Å²) in [5, 5.41) is 6.38. The molecule has 1 heterocycles. The van der Waals surface area contributed by atoms with Crippen molar-refractivity contribution in [3.63, 3.8) is 0 Å². The summed E-state index contributed by atoms with van der Waals surface area (Å²) in [7, 11) is 1.62. The minimum absolute atomic E-state index is 0.184. The van der Waals surface area contributed by atoms with Gasteiger partial charge in [-0.25, -0.2) is 0 Å². The van der Waals surface area contributed by atoms with E-state index in [0.717, 1.165) is 0 Å². The van der Waals surface area contributed by atoms with Crippen molar-refractivity contribution < 1.29 is 9.59 Å². The maximum absolute atomic E-state index is 11.1. The SMILES string of the molecule is CCC(=O)Nc1c(C(N)=O)cnn1C. The first-order valence-electron chi connectivity index (χ1n) is 4.18. The summed E-state index contributed by atoms with van der Waals surface area (Å²) in [6, 6.07) is 0. The maximum Gasteiger partial charge on any atom is 0.254 e. The quantitative estimate of drug-likeness (QED) is 0.705. The second-order valence-corrected chi connectivity index (χ2v) is 2.80. The van der Waals surface area contributed by atoms with Crippen LogP contribution in [0.4, 0.5) is 5.82 Å². The van der Waals surface area contributed by atoms with Crippen LogP contribution in [0.3, 0.4) is 0 Å². The Kier molecular flexibility index (Phi) is 2.85. The van der Waals surface area contributed by atoms with Gasteiger partial charge in [-0.1, -0.05) is 6.92 Å². The van der Waals surface area contributed by atoms with Gasteiger partial charge in [0.15, 0.2) is 0 Å². The van der Waals surface area contributed by atoms with E-state index in [1.807, 2.05) is 0 Å². The molecule has 1 aromatic heterocycles. The Balaban J connectivity index is 2.99. The topological polar surface area (TPSA) is 90.0 Å². The largest absolute Gasteiger partial charge is 0.365 e. The first kappa shape index (κ1) is 10.2. The number of carbonyl (C=O) groups excluding carboxylic acids is 2. The van der Waals surface area contributed by atoms with E-state index in [1.165, 1.54) is 10.9 Å². The number of primary amides is 1. The molecule has 0 saturated heterocycles. The Morgan fingerprint density at radius 2 is 2.29 bits per heavy atom. The van der Waals surface area contributed by atoms with Crippen LogP contribution in [0.25, 0.3) is 0 Å². The van der Waals surface area contributed by atoms with Crippen molar-refractivity contribution in [3.8, 4) is 0 Å². The Hall–Kier alpha value is -1.85. The van der Waals surface area contributed by atoms with Gasteiger partial charge in [-0.2, -0.15) is 5.10 Å². The third kappa shape index (κ3) is 1.90. The zero-order valence-electron chi connectivity index (χ0n) is 8.07. The van der Waals surface area contributed by atoms with Crippen LogP contribution in [-0.2, 0) is 11.8 Å². The smallest absolute Gasteiger partial charge is 0.254 e. The van der Waals surface area contributed by atoms with E-state index in [0.29, 0.717) is 12.2 Å². The summed E-state index contributed by atoms with van der Waals surface area (Å²) in [5.74, 6) is -0.454. The molecular weight excluding hydrogens is 184 g/mol. The van der Waals surface area contributed by atoms with E-state index >= 15 is 0 Å². The number of rotatable bonds is 3. The molecule has 0 saturated carbocycles. The monoisotopic (exact) mass is 196 g/mol. The van der Waals surface area contributed by atoms with Gasteiger partial charge < -0.3 is 11.1 Å². The summed E-state index contributed by atoms with van der Waals surface area (Å²) in [6.07, 6.45) is 1.66. The predicted octanol–water partition coefficient (Wildman–Crippen LogP) is -0.133. The molecule has 0 atom stereocenters. The van der Waals surface area contributed by atoms with Crippen molar-refractivity contribution in [2.24, 2.45) is 12.8 Å². The molecule has 0 unspecified atom stereocenters. The molecule has 6 heteroatoms. The van der Waals surface area contributed by atoms with Gasteiger partial charge >= 0.3 is 0 Å². The molecule has 3 N–H and O–H groups in total. The highest BCUT2D eigenvalue weighted by Gasteiger charge is 2.14. The Morgan fingerprint density at radius 1 is 1.64 bits per heavy atom. The van der Waals surface area contributed by atoms with Crippen molar-refractivity contribution in [1.82, 2.24) is 9.78 Å². The zero-order chi connectivity index (χ0) is 10.7. The van der Waals surface area contributed by atoms with Gasteiger partial charge in [0.25, 0.3) is 5.91 Å². The molecule has 0 radical (unpaired) electrons. The molecule has 0 fully saturated rings. The third-order valence-electron chi connectivity index (χ3n) is 1.78. The van der Waals surface area contributed by atoms with Crippen LogP contribution in [0, 0.1) is 0 Å². The lowest BCUT2D eigenvalue weighted by Gasteiger charge is -2.04. The lowest BCUT2D eigenvalue weighted by Crippen LogP contribution is -2.18. The molecule has 0 aliphatic rings. The average Bonchev–Trinajstić information content (AvgIpc) is 2.48. The van der Waals surface area contributed by atoms with Crippen LogP contribution in [0.5, 0.6) is 0 Å². The molecule has 0 aliphatic heterocycles. The van der Waals surface area contributed by atoms with E-state index < -0.39 is 5.91 Å². The Bertz CT molecular complexity index is 369. The molecule has 0 aromatic carbocycles. The highest BCUT2D eigenvalue weighted by molar-refractivity contribution is 6.01. The lowest BCUT2D eigenvalue weighted by atomic mass is 10.3. The third-order valence-corrected chi connectivity index (χ3v) is 1.78. The first-order chi connectivity index (χ1) is 6.56. The number of carbonyl (C=O) groups is 2. The average molecular weight is 196 g/mol. The summed E-state index contributed by atoms with van der Waals surface area (Å²) >= 11 is 0. The summed E-state index contributed by atoms with van der Waals surface area (Å²) in [6.45, 7) is 1.72. The van der Waals surface area contributed by atoms with E-state index in [9.17, 15) is 9.59 Å². The molecule has 76 valence electrons. The van der Waals surface area contributed by atoms with Gasteiger partial charge in [0.2, 0.25) is 5.91 Å². The minimum Gasteiger partial charge on any atom is -0.365 e. The van der Waals surface area contributed by atoms with Crippen LogP contribution >= 0.6 is 0 Å².